The van der Waals surface area contributed by atoms with E-state index in [0.29, 0.717) is 6.54 Å². The molecule has 1 atom stereocenters. The summed E-state index contributed by atoms with van der Waals surface area (Å²) >= 11 is 1.51. The van der Waals surface area contributed by atoms with Gasteiger partial charge in [-0.2, -0.15) is 0 Å². The Morgan fingerprint density at radius 1 is 1.07 bits per heavy atom. The average molecular weight is 394 g/mol. The normalized spacial score (nSPS) is 16.2. The van der Waals surface area contributed by atoms with Gasteiger partial charge in [0.2, 0.25) is 0 Å². The molecule has 1 aliphatic rings. The average Bonchev–Trinajstić information content (AvgIpc) is 2.74. The third-order valence-corrected chi connectivity index (χ3v) is 5.90. The van der Waals surface area contributed by atoms with Crippen LogP contribution in [-0.2, 0) is 11.3 Å². The van der Waals surface area contributed by atoms with Gasteiger partial charge >= 0.3 is 0 Å². The Balaban J connectivity index is 1.60. The van der Waals surface area contributed by atoms with Crippen molar-refractivity contribution in [2.75, 3.05) is 26.3 Å². The highest BCUT2D eigenvalue weighted by molar-refractivity contribution is 8.00. The molecular weight excluding hydrogens is 370 g/mol. The van der Waals surface area contributed by atoms with Crippen molar-refractivity contribution < 1.29 is 9.53 Å². The standard InChI is InChI=1S/C22H23N3O2S/c1-16(21(26)17-7-3-2-4-8-17)28-22-18-9-5-6-10-19(18)23-20(24-22)15-25-11-13-27-14-12-25/h2-10,16H,11-15H2,1H3. The first-order chi connectivity index (χ1) is 13.7. The maximum atomic E-state index is 12.8. The SMILES string of the molecule is CC(Sc1nc(CN2CCOCC2)nc2ccccc12)C(=O)c1ccccc1. The fourth-order valence-electron chi connectivity index (χ4n) is 3.27. The summed E-state index contributed by atoms with van der Waals surface area (Å²) in [7, 11) is 0. The van der Waals surface area contributed by atoms with Gasteiger partial charge in [0.25, 0.3) is 0 Å². The van der Waals surface area contributed by atoms with E-state index in [1.165, 1.54) is 11.8 Å². The number of ketones is 1. The molecule has 4 rings (SSSR count). The first-order valence-electron chi connectivity index (χ1n) is 9.52. The largest absolute Gasteiger partial charge is 0.379 e. The molecule has 2 aromatic carbocycles. The molecule has 0 bridgehead atoms. The molecule has 1 unspecified atom stereocenters. The third-order valence-electron chi connectivity index (χ3n) is 4.80. The zero-order valence-electron chi connectivity index (χ0n) is 15.9. The number of hydrogen-bond acceptors (Lipinski definition) is 6. The van der Waals surface area contributed by atoms with Crippen molar-refractivity contribution in [1.82, 2.24) is 14.9 Å². The van der Waals surface area contributed by atoms with Gasteiger partial charge in [-0.1, -0.05) is 60.3 Å². The molecule has 3 aromatic rings. The van der Waals surface area contributed by atoms with Gasteiger partial charge in [-0.3, -0.25) is 9.69 Å². The number of Topliss-reactive ketones (excluding diaryl/α,β-unsaturated/α-hetero) is 1. The highest BCUT2D eigenvalue weighted by Gasteiger charge is 2.20. The fourth-order valence-corrected chi connectivity index (χ4v) is 4.31. The minimum absolute atomic E-state index is 0.114. The molecule has 2 heterocycles. The first kappa shape index (κ1) is 19.1. The number of rotatable bonds is 6. The number of thioether (sulfide) groups is 1. The molecule has 1 fully saturated rings. The number of nitrogens with zero attached hydrogens (tertiary/aromatic N) is 3. The molecule has 0 radical (unpaired) electrons. The van der Waals surface area contributed by atoms with Crippen LogP contribution in [0, 0.1) is 0 Å². The van der Waals surface area contributed by atoms with Gasteiger partial charge < -0.3 is 4.74 Å². The van der Waals surface area contributed by atoms with Gasteiger partial charge in [-0.15, -0.1) is 0 Å². The third kappa shape index (κ3) is 4.41. The molecule has 5 nitrogen and oxygen atoms in total. The van der Waals surface area contributed by atoms with E-state index in [4.69, 9.17) is 14.7 Å². The molecule has 0 N–H and O–H groups in total. The number of hydrogen-bond donors (Lipinski definition) is 0. The van der Waals surface area contributed by atoms with E-state index in [9.17, 15) is 4.79 Å². The van der Waals surface area contributed by atoms with Gasteiger partial charge in [-0.05, 0) is 13.0 Å². The maximum Gasteiger partial charge on any atom is 0.175 e. The van der Waals surface area contributed by atoms with Crippen LogP contribution in [0.3, 0.4) is 0 Å². The minimum Gasteiger partial charge on any atom is -0.379 e. The predicted molar refractivity (Wildman–Crippen MR) is 112 cm³/mol. The molecular formula is C22H23N3O2S. The van der Waals surface area contributed by atoms with Crippen molar-refractivity contribution in [3.8, 4) is 0 Å². The second-order valence-corrected chi connectivity index (χ2v) is 8.17. The molecule has 1 aromatic heterocycles. The molecule has 0 saturated carbocycles. The smallest absolute Gasteiger partial charge is 0.175 e. The molecule has 1 saturated heterocycles. The van der Waals surface area contributed by atoms with Crippen LogP contribution in [0.25, 0.3) is 10.9 Å². The van der Waals surface area contributed by atoms with Crippen LogP contribution in [0.1, 0.15) is 23.1 Å². The lowest BCUT2D eigenvalue weighted by atomic mass is 10.1. The molecule has 28 heavy (non-hydrogen) atoms. The lowest BCUT2D eigenvalue weighted by Crippen LogP contribution is -2.36. The molecule has 0 aliphatic carbocycles. The van der Waals surface area contributed by atoms with E-state index in [2.05, 4.69) is 4.90 Å². The lowest BCUT2D eigenvalue weighted by Gasteiger charge is -2.26. The van der Waals surface area contributed by atoms with Crippen LogP contribution in [0.5, 0.6) is 0 Å². The van der Waals surface area contributed by atoms with Gasteiger partial charge in [0.1, 0.15) is 10.9 Å². The van der Waals surface area contributed by atoms with Gasteiger partial charge in [-0.25, -0.2) is 9.97 Å². The number of ether oxygens (including phenoxy) is 1. The highest BCUT2D eigenvalue weighted by atomic mass is 32.2. The number of carbonyl (C=O) groups excluding carboxylic acids is 1. The van der Waals surface area contributed by atoms with Crippen LogP contribution in [0.4, 0.5) is 0 Å². The summed E-state index contributed by atoms with van der Waals surface area (Å²) in [5.41, 5.74) is 1.65. The Bertz CT molecular complexity index is 958. The lowest BCUT2D eigenvalue weighted by molar-refractivity contribution is 0.0330. The zero-order chi connectivity index (χ0) is 19.3. The molecule has 1 aliphatic heterocycles. The Morgan fingerprint density at radius 2 is 1.79 bits per heavy atom. The van der Waals surface area contributed by atoms with Crippen molar-refractivity contribution in [2.45, 2.75) is 23.7 Å². The zero-order valence-corrected chi connectivity index (χ0v) is 16.7. The van der Waals surface area contributed by atoms with E-state index < -0.39 is 0 Å². The highest BCUT2D eigenvalue weighted by Crippen LogP contribution is 2.30. The van der Waals surface area contributed by atoms with Crippen LogP contribution in [-0.4, -0.2) is 52.2 Å². The Hall–Kier alpha value is -2.28. The van der Waals surface area contributed by atoms with E-state index in [0.717, 1.165) is 53.6 Å². The van der Waals surface area contributed by atoms with E-state index in [1.807, 2.05) is 61.5 Å². The summed E-state index contributed by atoms with van der Waals surface area (Å²) < 4.78 is 5.43. The second-order valence-electron chi connectivity index (χ2n) is 6.84. The Labute approximate surface area is 169 Å². The van der Waals surface area contributed by atoms with Gasteiger partial charge in [0.15, 0.2) is 5.78 Å². The molecule has 144 valence electrons. The van der Waals surface area contributed by atoms with Crippen LogP contribution < -0.4 is 0 Å². The van der Waals surface area contributed by atoms with Gasteiger partial charge in [0, 0.05) is 24.0 Å². The maximum absolute atomic E-state index is 12.8. The van der Waals surface area contributed by atoms with Crippen molar-refractivity contribution in [2.24, 2.45) is 0 Å². The van der Waals surface area contributed by atoms with Crippen LogP contribution >= 0.6 is 11.8 Å². The van der Waals surface area contributed by atoms with E-state index in [-0.39, 0.29) is 11.0 Å². The summed E-state index contributed by atoms with van der Waals surface area (Å²) in [5, 5.41) is 1.63. The summed E-state index contributed by atoms with van der Waals surface area (Å²) in [4.78, 5) is 24.7. The molecule has 6 heteroatoms. The van der Waals surface area contributed by atoms with E-state index in [1.54, 1.807) is 0 Å². The van der Waals surface area contributed by atoms with Crippen molar-refractivity contribution >= 4 is 28.4 Å². The Morgan fingerprint density at radius 3 is 2.57 bits per heavy atom. The Kier molecular flexibility index (Phi) is 6.00. The number of fused-ring (bicyclic) bond motifs is 1. The summed E-state index contributed by atoms with van der Waals surface area (Å²) in [5.74, 6) is 0.908. The van der Waals surface area contributed by atoms with E-state index >= 15 is 0 Å². The number of benzene rings is 2. The number of morpholine rings is 1. The number of para-hydroxylation sites is 1. The number of carbonyl (C=O) groups is 1. The van der Waals surface area contributed by atoms with Gasteiger partial charge in [0.05, 0.1) is 30.5 Å². The second kappa shape index (κ2) is 8.82. The molecule has 0 amide bonds. The van der Waals surface area contributed by atoms with Crippen molar-refractivity contribution in [3.63, 3.8) is 0 Å². The minimum atomic E-state index is -0.225. The summed E-state index contributed by atoms with van der Waals surface area (Å²) in [6.07, 6.45) is 0. The number of aromatic nitrogens is 2. The van der Waals surface area contributed by atoms with Crippen LogP contribution in [0.2, 0.25) is 0 Å². The predicted octanol–water partition coefficient (Wildman–Crippen LogP) is 3.83. The summed E-state index contributed by atoms with van der Waals surface area (Å²) in [6, 6.07) is 17.4. The summed E-state index contributed by atoms with van der Waals surface area (Å²) in [6.45, 7) is 5.92. The topological polar surface area (TPSA) is 55.3 Å². The van der Waals surface area contributed by atoms with Crippen molar-refractivity contribution in [3.05, 3.63) is 66.0 Å². The molecule has 0 spiro atoms. The first-order valence-corrected chi connectivity index (χ1v) is 10.4. The fraction of sp³-hybridized carbons (Fsp3) is 0.318. The monoisotopic (exact) mass is 393 g/mol. The quantitative estimate of drug-likeness (QED) is 0.360. The van der Waals surface area contributed by atoms with Crippen molar-refractivity contribution in [1.29, 1.82) is 0 Å². The van der Waals surface area contributed by atoms with Crippen LogP contribution in [0.15, 0.2) is 59.6 Å².